The minimum Gasteiger partial charge on any atom is -0.451 e. The van der Waals surface area contributed by atoms with Crippen LogP contribution in [0.3, 0.4) is 0 Å². The molecule has 1 heterocycles. The summed E-state index contributed by atoms with van der Waals surface area (Å²) >= 11 is 3.41. The number of para-hydroxylation sites is 1. The predicted octanol–water partition coefficient (Wildman–Crippen LogP) is 4.25. The van der Waals surface area contributed by atoms with Crippen molar-refractivity contribution in [1.29, 1.82) is 0 Å². The molecule has 160 valence electrons. The number of nitrogens with zero attached hydrogens (tertiary/aromatic N) is 2. The van der Waals surface area contributed by atoms with Gasteiger partial charge in [0.1, 0.15) is 0 Å². The second-order valence-corrected chi connectivity index (χ2v) is 7.89. The molecule has 1 amide bonds. The quantitative estimate of drug-likeness (QED) is 0.421. The highest BCUT2D eigenvalue weighted by Gasteiger charge is 2.19. The molecule has 0 atom stereocenters. The van der Waals surface area contributed by atoms with Crippen LogP contribution < -0.4 is 10.9 Å². The second kappa shape index (κ2) is 9.15. The van der Waals surface area contributed by atoms with E-state index >= 15 is 0 Å². The lowest BCUT2D eigenvalue weighted by atomic mass is 10.1. The van der Waals surface area contributed by atoms with E-state index in [0.29, 0.717) is 22.1 Å². The maximum atomic E-state index is 12.9. The monoisotopic (exact) mass is 491 g/mol. The first-order chi connectivity index (χ1) is 15.4. The molecule has 0 fully saturated rings. The van der Waals surface area contributed by atoms with E-state index in [-0.39, 0.29) is 11.3 Å². The van der Waals surface area contributed by atoms with Crippen LogP contribution in [0.2, 0.25) is 0 Å². The van der Waals surface area contributed by atoms with Gasteiger partial charge in [-0.25, -0.2) is 4.79 Å². The molecule has 4 aromatic rings. The van der Waals surface area contributed by atoms with Crippen LogP contribution >= 0.6 is 15.9 Å². The molecule has 0 unspecified atom stereocenters. The number of nitrogens with one attached hydrogen (secondary N) is 1. The van der Waals surface area contributed by atoms with Crippen molar-refractivity contribution >= 4 is 44.3 Å². The highest BCUT2D eigenvalue weighted by Crippen LogP contribution is 2.20. The number of rotatable bonds is 5. The summed E-state index contributed by atoms with van der Waals surface area (Å²) < 4.78 is 7.30. The smallest absolute Gasteiger partial charge is 0.359 e. The SMILES string of the molecule is Cc1cc(NC(=O)COC(=O)c2nn(-c3ccccc3)c(=O)c3ccccc23)ccc1Br. The molecule has 0 bridgehead atoms. The summed E-state index contributed by atoms with van der Waals surface area (Å²) in [6.07, 6.45) is 0. The number of esters is 1. The first-order valence-corrected chi connectivity index (χ1v) is 10.5. The van der Waals surface area contributed by atoms with Crippen LogP contribution in [0, 0.1) is 6.92 Å². The fraction of sp³-hybridized carbons (Fsp3) is 0.0833. The van der Waals surface area contributed by atoms with Crippen LogP contribution in [0.1, 0.15) is 16.1 Å². The Labute approximate surface area is 191 Å². The third-order valence-corrected chi connectivity index (χ3v) is 5.66. The highest BCUT2D eigenvalue weighted by atomic mass is 79.9. The van der Waals surface area contributed by atoms with Crippen molar-refractivity contribution < 1.29 is 14.3 Å². The topological polar surface area (TPSA) is 90.3 Å². The molecule has 1 aromatic heterocycles. The number of hydrogen-bond acceptors (Lipinski definition) is 5. The molecular weight excluding hydrogens is 474 g/mol. The lowest BCUT2D eigenvalue weighted by Crippen LogP contribution is -2.26. The molecule has 8 heteroatoms. The van der Waals surface area contributed by atoms with E-state index in [4.69, 9.17) is 4.74 Å². The molecule has 0 spiro atoms. The van der Waals surface area contributed by atoms with Gasteiger partial charge < -0.3 is 10.1 Å². The van der Waals surface area contributed by atoms with Gasteiger partial charge in [-0.2, -0.15) is 9.78 Å². The Hall–Kier alpha value is -3.78. The number of benzene rings is 3. The Morgan fingerprint density at radius 3 is 2.41 bits per heavy atom. The van der Waals surface area contributed by atoms with E-state index in [1.807, 2.05) is 19.1 Å². The Balaban J connectivity index is 1.59. The van der Waals surface area contributed by atoms with Gasteiger partial charge in [-0.05, 0) is 48.9 Å². The summed E-state index contributed by atoms with van der Waals surface area (Å²) in [4.78, 5) is 38.0. The van der Waals surface area contributed by atoms with Gasteiger partial charge in [0.15, 0.2) is 12.3 Å². The number of aromatic nitrogens is 2. The van der Waals surface area contributed by atoms with Gasteiger partial charge in [0.05, 0.1) is 11.1 Å². The molecule has 0 aliphatic carbocycles. The number of aryl methyl sites for hydroxylation is 1. The van der Waals surface area contributed by atoms with Gasteiger partial charge in [0.25, 0.3) is 11.5 Å². The summed E-state index contributed by atoms with van der Waals surface area (Å²) in [7, 11) is 0. The molecule has 0 aliphatic heterocycles. The summed E-state index contributed by atoms with van der Waals surface area (Å²) in [5, 5.41) is 7.62. The van der Waals surface area contributed by atoms with Crippen molar-refractivity contribution in [2.45, 2.75) is 6.92 Å². The molecule has 0 saturated carbocycles. The van der Waals surface area contributed by atoms with E-state index in [9.17, 15) is 14.4 Å². The third kappa shape index (κ3) is 4.45. The number of anilines is 1. The normalized spacial score (nSPS) is 10.7. The number of fused-ring (bicyclic) bond motifs is 1. The number of amides is 1. The fourth-order valence-electron chi connectivity index (χ4n) is 3.20. The average molecular weight is 492 g/mol. The van der Waals surface area contributed by atoms with E-state index in [1.54, 1.807) is 60.7 Å². The van der Waals surface area contributed by atoms with Crippen molar-refractivity contribution in [2.75, 3.05) is 11.9 Å². The Morgan fingerprint density at radius 2 is 1.69 bits per heavy atom. The van der Waals surface area contributed by atoms with Crippen LogP contribution in [0.4, 0.5) is 5.69 Å². The van der Waals surface area contributed by atoms with Crippen molar-refractivity contribution in [1.82, 2.24) is 9.78 Å². The zero-order valence-corrected chi connectivity index (χ0v) is 18.6. The number of ether oxygens (including phenoxy) is 1. The van der Waals surface area contributed by atoms with Crippen molar-refractivity contribution in [3.63, 3.8) is 0 Å². The third-order valence-electron chi connectivity index (χ3n) is 4.78. The van der Waals surface area contributed by atoms with E-state index in [1.165, 1.54) is 0 Å². The first kappa shape index (κ1) is 21.5. The maximum Gasteiger partial charge on any atom is 0.359 e. The summed E-state index contributed by atoms with van der Waals surface area (Å²) in [5.74, 6) is -1.28. The minimum absolute atomic E-state index is 0.0451. The molecule has 0 radical (unpaired) electrons. The van der Waals surface area contributed by atoms with Gasteiger partial charge in [-0.3, -0.25) is 9.59 Å². The van der Waals surface area contributed by atoms with Crippen LogP contribution in [-0.4, -0.2) is 28.3 Å². The Bertz CT molecular complexity index is 1380. The van der Waals surface area contributed by atoms with Crippen molar-refractivity contribution in [3.05, 3.63) is 98.9 Å². The van der Waals surface area contributed by atoms with Crippen LogP contribution in [0.25, 0.3) is 16.5 Å². The minimum atomic E-state index is -0.798. The molecule has 4 rings (SSSR count). The highest BCUT2D eigenvalue weighted by molar-refractivity contribution is 9.10. The molecule has 3 aromatic carbocycles. The molecule has 0 aliphatic rings. The largest absolute Gasteiger partial charge is 0.451 e. The van der Waals surface area contributed by atoms with Crippen LogP contribution in [0.15, 0.2) is 82.1 Å². The fourth-order valence-corrected chi connectivity index (χ4v) is 3.45. The molecule has 32 heavy (non-hydrogen) atoms. The summed E-state index contributed by atoms with van der Waals surface area (Å²) in [5.41, 5.74) is 1.66. The van der Waals surface area contributed by atoms with Crippen LogP contribution in [0.5, 0.6) is 0 Å². The second-order valence-electron chi connectivity index (χ2n) is 7.03. The number of halogens is 1. The van der Waals surface area contributed by atoms with E-state index in [2.05, 4.69) is 26.3 Å². The van der Waals surface area contributed by atoms with Crippen molar-refractivity contribution in [3.8, 4) is 5.69 Å². The predicted molar refractivity (Wildman–Crippen MR) is 125 cm³/mol. The Morgan fingerprint density at radius 1 is 1.00 bits per heavy atom. The first-order valence-electron chi connectivity index (χ1n) is 9.74. The zero-order valence-electron chi connectivity index (χ0n) is 17.0. The zero-order chi connectivity index (χ0) is 22.7. The van der Waals surface area contributed by atoms with Crippen LogP contribution in [-0.2, 0) is 9.53 Å². The Kier molecular flexibility index (Phi) is 6.13. The number of carbonyl (C=O) groups is 2. The van der Waals surface area contributed by atoms with Gasteiger partial charge in [0, 0.05) is 15.5 Å². The number of carbonyl (C=O) groups excluding carboxylic acids is 2. The van der Waals surface area contributed by atoms with Gasteiger partial charge >= 0.3 is 5.97 Å². The van der Waals surface area contributed by atoms with Gasteiger partial charge in [0.2, 0.25) is 0 Å². The molecule has 0 saturated heterocycles. The van der Waals surface area contributed by atoms with E-state index < -0.39 is 18.5 Å². The lowest BCUT2D eigenvalue weighted by Gasteiger charge is -2.11. The lowest BCUT2D eigenvalue weighted by molar-refractivity contribution is -0.119. The average Bonchev–Trinajstić information content (AvgIpc) is 2.81. The molecular formula is C24H18BrN3O4. The maximum absolute atomic E-state index is 12.9. The summed E-state index contributed by atoms with van der Waals surface area (Å²) in [6.45, 7) is 1.41. The standard InChI is InChI=1S/C24H18BrN3O4/c1-15-13-16(11-12-20(15)25)26-21(29)14-32-24(31)22-18-9-5-6-10-19(18)23(30)28(27-22)17-7-3-2-4-8-17/h2-13H,14H2,1H3,(H,26,29). The number of hydrogen-bond donors (Lipinski definition) is 1. The summed E-state index contributed by atoms with van der Waals surface area (Å²) in [6, 6.07) is 20.8. The van der Waals surface area contributed by atoms with Crippen molar-refractivity contribution in [2.24, 2.45) is 0 Å². The van der Waals surface area contributed by atoms with Gasteiger partial charge in [-0.1, -0.05) is 52.3 Å². The molecule has 7 nitrogen and oxygen atoms in total. The molecule has 1 N–H and O–H groups in total. The van der Waals surface area contributed by atoms with E-state index in [0.717, 1.165) is 14.7 Å². The van der Waals surface area contributed by atoms with Gasteiger partial charge in [-0.15, -0.1) is 0 Å².